The van der Waals surface area contributed by atoms with Gasteiger partial charge in [-0.25, -0.2) is 0 Å². The van der Waals surface area contributed by atoms with Gasteiger partial charge in [-0.1, -0.05) is 30.3 Å². The monoisotopic (exact) mass is 566 g/mol. The summed E-state index contributed by atoms with van der Waals surface area (Å²) in [5.41, 5.74) is -2.97. The molecule has 2 N–H and O–H groups in total. The van der Waals surface area contributed by atoms with E-state index in [1.54, 1.807) is 23.1 Å². The van der Waals surface area contributed by atoms with E-state index < -0.39 is 47.6 Å². The Bertz CT molecular complexity index is 1280. The van der Waals surface area contributed by atoms with Crippen LogP contribution in [0.1, 0.15) is 41.5 Å². The van der Waals surface area contributed by atoms with E-state index in [1.807, 2.05) is 30.3 Å². The number of hydrogen-bond acceptors (Lipinski definition) is 4. The number of carbonyl (C=O) groups excluding carboxylic acids is 1. The predicted molar refractivity (Wildman–Crippen MR) is 133 cm³/mol. The summed E-state index contributed by atoms with van der Waals surface area (Å²) in [4.78, 5) is 13.2. The van der Waals surface area contributed by atoms with Crippen LogP contribution in [0.3, 0.4) is 0 Å². The molecular formula is C28H28F6N4O2. The van der Waals surface area contributed by atoms with Gasteiger partial charge in [0, 0.05) is 25.0 Å². The minimum atomic E-state index is -4.94. The first-order chi connectivity index (χ1) is 19.0. The Kier molecular flexibility index (Phi) is 7.66. The van der Waals surface area contributed by atoms with E-state index in [0.29, 0.717) is 44.5 Å². The molecule has 1 amide bonds. The summed E-state index contributed by atoms with van der Waals surface area (Å²) < 4.78 is 88.0. The smallest absolute Gasteiger partial charge is 0.371 e. The number of hydrogen-bond donors (Lipinski definition) is 2. The van der Waals surface area contributed by atoms with Gasteiger partial charge in [0.15, 0.2) is 0 Å². The number of nitrogens with zero attached hydrogens (tertiary/aromatic N) is 2. The molecule has 3 heterocycles. The molecular weight excluding hydrogens is 538 g/mol. The molecule has 0 aliphatic carbocycles. The molecule has 2 aliphatic rings. The van der Waals surface area contributed by atoms with Crippen LogP contribution in [0.4, 0.5) is 26.3 Å². The van der Waals surface area contributed by atoms with Crippen molar-refractivity contribution in [1.82, 2.24) is 20.4 Å². The predicted octanol–water partition coefficient (Wildman–Crippen LogP) is 5.29. The van der Waals surface area contributed by atoms with Crippen LogP contribution < -0.4 is 10.6 Å². The van der Waals surface area contributed by atoms with Crippen LogP contribution in [0, 0.1) is 5.92 Å². The van der Waals surface area contributed by atoms with Crippen molar-refractivity contribution >= 4 is 5.91 Å². The first kappa shape index (κ1) is 28.2. The number of nitrogens with one attached hydrogen (secondary N) is 2. The first-order valence-corrected chi connectivity index (χ1v) is 12.9. The summed E-state index contributed by atoms with van der Waals surface area (Å²) >= 11 is 0. The lowest BCUT2D eigenvalue weighted by molar-refractivity contribution is -0.143. The van der Waals surface area contributed by atoms with Crippen molar-refractivity contribution in [2.45, 2.75) is 62.5 Å². The van der Waals surface area contributed by atoms with Crippen molar-refractivity contribution in [2.75, 3.05) is 6.54 Å². The van der Waals surface area contributed by atoms with Crippen LogP contribution in [-0.4, -0.2) is 34.4 Å². The molecule has 0 saturated carbocycles. The summed E-state index contributed by atoms with van der Waals surface area (Å²) in [6.45, 7) is 0.453. The highest BCUT2D eigenvalue weighted by Gasteiger charge is 2.56. The second-order valence-electron chi connectivity index (χ2n) is 10.3. The number of carbonyl (C=O) groups is 1. The molecule has 12 heteroatoms. The maximum atomic E-state index is 13.4. The average Bonchev–Trinajstić information content (AvgIpc) is 3.54. The summed E-state index contributed by atoms with van der Waals surface area (Å²) in [6.07, 6.45) is -5.60. The first-order valence-electron chi connectivity index (χ1n) is 12.9. The summed E-state index contributed by atoms with van der Waals surface area (Å²) in [5.74, 6) is -0.521. The van der Waals surface area contributed by atoms with Crippen molar-refractivity contribution < 1.29 is 35.9 Å². The molecule has 1 aromatic heterocycles. The van der Waals surface area contributed by atoms with Gasteiger partial charge in [-0.05, 0) is 54.7 Å². The second kappa shape index (κ2) is 10.9. The quantitative estimate of drug-likeness (QED) is 0.364. The van der Waals surface area contributed by atoms with Gasteiger partial charge in [-0.2, -0.15) is 31.4 Å². The van der Waals surface area contributed by atoms with Gasteiger partial charge in [-0.3, -0.25) is 9.48 Å². The van der Waals surface area contributed by atoms with Gasteiger partial charge in [0.1, 0.15) is 0 Å². The van der Waals surface area contributed by atoms with Gasteiger partial charge in [0.25, 0.3) is 0 Å². The van der Waals surface area contributed by atoms with Crippen molar-refractivity contribution in [3.63, 3.8) is 0 Å². The van der Waals surface area contributed by atoms with Crippen LogP contribution in [0.25, 0.3) is 0 Å². The Morgan fingerprint density at radius 1 is 1.02 bits per heavy atom. The van der Waals surface area contributed by atoms with Crippen LogP contribution in [0.15, 0.2) is 67.0 Å². The fourth-order valence-corrected chi connectivity index (χ4v) is 5.84. The summed E-state index contributed by atoms with van der Waals surface area (Å²) in [7, 11) is 0. The van der Waals surface area contributed by atoms with Gasteiger partial charge in [0.05, 0.1) is 41.8 Å². The largest absolute Gasteiger partial charge is 0.416 e. The molecule has 5 rings (SSSR count). The third-order valence-electron chi connectivity index (χ3n) is 7.68. The zero-order valence-corrected chi connectivity index (χ0v) is 21.3. The zero-order valence-electron chi connectivity index (χ0n) is 21.3. The van der Waals surface area contributed by atoms with E-state index in [-0.39, 0.29) is 23.6 Å². The second-order valence-corrected chi connectivity index (χ2v) is 10.3. The third kappa shape index (κ3) is 5.87. The van der Waals surface area contributed by atoms with Crippen LogP contribution in [0.2, 0.25) is 0 Å². The molecule has 2 bridgehead atoms. The standard InChI is InChI=1S/C28H28F6N4O2/c29-27(30,31)20-13-18(14-21(15-20)28(32,33)34)17-40-24-8-7-23-22(25(39)35-10-12-38-11-4-9-36-38)16-26(24,37-23)19-5-2-1-3-6-19/h1-6,9,11,13-15,22-24,37H,7-8,10,12,16-17H2,(H,35,39). The van der Waals surface area contributed by atoms with E-state index in [4.69, 9.17) is 4.74 Å². The van der Waals surface area contributed by atoms with Crippen molar-refractivity contribution in [1.29, 1.82) is 0 Å². The van der Waals surface area contributed by atoms with Crippen LogP contribution >= 0.6 is 0 Å². The number of halogens is 6. The number of benzene rings is 2. The summed E-state index contributed by atoms with van der Waals surface area (Å²) in [5, 5.41) is 10.6. The lowest BCUT2D eigenvalue weighted by Crippen LogP contribution is -2.54. The third-order valence-corrected chi connectivity index (χ3v) is 7.68. The van der Waals surface area contributed by atoms with Gasteiger partial charge in [-0.15, -0.1) is 0 Å². The molecule has 0 spiro atoms. The Balaban J connectivity index is 1.36. The molecule has 4 unspecified atom stereocenters. The molecule has 0 radical (unpaired) electrons. The zero-order chi connectivity index (χ0) is 28.5. The molecule has 6 nitrogen and oxygen atoms in total. The SMILES string of the molecule is O=C(NCCn1cccn1)C1CC2(c3ccccc3)NC1CCC2OCc1cc(C(F)(F)F)cc(C(F)(F)F)c1. The number of rotatable bonds is 8. The lowest BCUT2D eigenvalue weighted by Gasteiger charge is -2.42. The van der Waals surface area contributed by atoms with E-state index in [9.17, 15) is 31.1 Å². The minimum Gasteiger partial charge on any atom is -0.371 e. The number of alkyl halides is 6. The van der Waals surface area contributed by atoms with Crippen molar-refractivity contribution in [2.24, 2.45) is 5.92 Å². The van der Waals surface area contributed by atoms with Gasteiger partial charge < -0.3 is 15.4 Å². The molecule has 2 aromatic carbocycles. The molecule has 2 fully saturated rings. The highest BCUT2D eigenvalue weighted by molar-refractivity contribution is 5.80. The maximum Gasteiger partial charge on any atom is 0.416 e. The molecule has 2 saturated heterocycles. The molecule has 214 valence electrons. The fourth-order valence-electron chi connectivity index (χ4n) is 5.84. The lowest BCUT2D eigenvalue weighted by atomic mass is 9.80. The Morgan fingerprint density at radius 2 is 1.73 bits per heavy atom. The minimum absolute atomic E-state index is 0.105. The molecule has 2 aliphatic heterocycles. The van der Waals surface area contributed by atoms with Crippen molar-refractivity contribution in [3.05, 3.63) is 89.2 Å². The van der Waals surface area contributed by atoms with Crippen molar-refractivity contribution in [3.8, 4) is 0 Å². The maximum absolute atomic E-state index is 13.4. The summed E-state index contributed by atoms with van der Waals surface area (Å²) in [6, 6.07) is 12.4. The molecule has 40 heavy (non-hydrogen) atoms. The number of ether oxygens (including phenoxy) is 1. The highest BCUT2D eigenvalue weighted by Crippen LogP contribution is 2.48. The topological polar surface area (TPSA) is 68.2 Å². The molecule has 3 aromatic rings. The Hall–Kier alpha value is -3.38. The number of aromatic nitrogens is 2. The number of fused-ring (bicyclic) bond motifs is 2. The van der Waals surface area contributed by atoms with Gasteiger partial charge in [0.2, 0.25) is 5.91 Å². The van der Waals surface area contributed by atoms with Gasteiger partial charge >= 0.3 is 12.4 Å². The highest BCUT2D eigenvalue weighted by atomic mass is 19.4. The Labute approximate surface area is 226 Å². The van der Waals surface area contributed by atoms with E-state index in [2.05, 4.69) is 15.7 Å². The number of piperidine rings is 1. The number of amides is 1. The van der Waals surface area contributed by atoms with E-state index in [1.165, 1.54) is 0 Å². The van der Waals surface area contributed by atoms with E-state index in [0.717, 1.165) is 5.56 Å². The average molecular weight is 567 g/mol. The Morgan fingerprint density at radius 3 is 2.35 bits per heavy atom. The van der Waals surface area contributed by atoms with Crippen LogP contribution in [0.5, 0.6) is 0 Å². The molecule has 4 atom stereocenters. The fraction of sp³-hybridized carbons (Fsp3) is 0.429. The van der Waals surface area contributed by atoms with Crippen LogP contribution in [-0.2, 0) is 40.6 Å². The normalized spacial score (nSPS) is 24.7. The van der Waals surface area contributed by atoms with E-state index >= 15 is 0 Å².